The van der Waals surface area contributed by atoms with Crippen LogP contribution in [0.5, 0.6) is 0 Å². The molecule has 1 aliphatic rings. The second-order valence-corrected chi connectivity index (χ2v) is 15.3. The van der Waals surface area contributed by atoms with Crippen molar-refractivity contribution in [1.29, 1.82) is 0 Å². The molecule has 0 radical (unpaired) electrons. The molecule has 0 bridgehead atoms. The Balaban J connectivity index is 0.999. The van der Waals surface area contributed by atoms with Crippen molar-refractivity contribution >= 4 is 43.5 Å². The first-order chi connectivity index (χ1) is 28.8. The Morgan fingerprint density at radius 3 is 1.91 bits per heavy atom. The molecule has 0 saturated carbocycles. The summed E-state index contributed by atoms with van der Waals surface area (Å²) in [6.07, 6.45) is 0. The van der Waals surface area contributed by atoms with Gasteiger partial charge in [-0.1, -0.05) is 152 Å². The van der Waals surface area contributed by atoms with Crippen LogP contribution in [-0.2, 0) is 0 Å². The summed E-state index contributed by atoms with van der Waals surface area (Å²) in [5, 5.41) is 6.04. The number of fused-ring (bicyclic) bond motifs is 9. The van der Waals surface area contributed by atoms with Crippen LogP contribution in [-0.4, -0.2) is 14.5 Å². The number of nitrogens with zero attached hydrogens (tertiary/aromatic N) is 3. The van der Waals surface area contributed by atoms with Gasteiger partial charge < -0.3 is 4.57 Å². The summed E-state index contributed by atoms with van der Waals surface area (Å²) in [4.78, 5) is 10.2. The Morgan fingerprint density at radius 1 is 0.397 bits per heavy atom. The van der Waals surface area contributed by atoms with E-state index < -0.39 is 0 Å². The van der Waals surface area contributed by atoms with Crippen LogP contribution in [0.2, 0.25) is 0 Å². The van der Waals surface area contributed by atoms with E-state index in [1.165, 1.54) is 71.5 Å². The van der Waals surface area contributed by atoms with E-state index in [1.807, 2.05) is 12.1 Å². The Labute approximate surface area is 336 Å². The molecule has 2 aromatic heterocycles. The molecule has 0 spiro atoms. The average Bonchev–Trinajstić information content (AvgIpc) is 3.82. The molecular weight excluding hydrogens is 703 g/mol. The maximum absolute atomic E-state index is 5.14. The molecule has 0 amide bonds. The molecule has 11 aromatic rings. The lowest BCUT2D eigenvalue weighted by atomic mass is 9.89. The first-order valence-corrected chi connectivity index (χ1v) is 19.9. The lowest BCUT2D eigenvalue weighted by Gasteiger charge is -2.14. The van der Waals surface area contributed by atoms with E-state index in [0.29, 0.717) is 5.82 Å². The number of aromatic nitrogens is 3. The van der Waals surface area contributed by atoms with Gasteiger partial charge in [-0.2, -0.15) is 0 Å². The van der Waals surface area contributed by atoms with Crippen molar-refractivity contribution in [2.24, 2.45) is 0 Å². The van der Waals surface area contributed by atoms with E-state index in [9.17, 15) is 0 Å². The van der Waals surface area contributed by atoms with Crippen molar-refractivity contribution in [1.82, 2.24) is 14.5 Å². The SMILES string of the molecule is c1ccc(-c2nc(-c3ccc(-n4c5ccc(-c6ccc7c(c6)-c6ccccc6C7c6ccccc6)cc5c5c6ccccc6ccc54)cc3)nc3ccccc23)cc1. The van der Waals surface area contributed by atoms with Gasteiger partial charge in [0.1, 0.15) is 0 Å². The van der Waals surface area contributed by atoms with Gasteiger partial charge in [-0.25, -0.2) is 9.97 Å². The van der Waals surface area contributed by atoms with E-state index in [4.69, 9.17) is 9.97 Å². The highest BCUT2D eigenvalue weighted by Gasteiger charge is 2.30. The largest absolute Gasteiger partial charge is 0.309 e. The molecular formula is C55H35N3. The minimum Gasteiger partial charge on any atom is -0.309 e. The maximum Gasteiger partial charge on any atom is 0.160 e. The maximum atomic E-state index is 5.14. The topological polar surface area (TPSA) is 30.7 Å². The van der Waals surface area contributed by atoms with Crippen LogP contribution in [0, 0.1) is 0 Å². The van der Waals surface area contributed by atoms with Gasteiger partial charge in [-0.15, -0.1) is 0 Å². The van der Waals surface area contributed by atoms with Crippen LogP contribution in [0.1, 0.15) is 22.6 Å². The molecule has 9 aromatic carbocycles. The smallest absolute Gasteiger partial charge is 0.160 e. The predicted molar refractivity (Wildman–Crippen MR) is 241 cm³/mol. The number of benzene rings is 9. The van der Waals surface area contributed by atoms with Gasteiger partial charge >= 0.3 is 0 Å². The van der Waals surface area contributed by atoms with Crippen molar-refractivity contribution in [2.75, 3.05) is 0 Å². The normalized spacial score (nSPS) is 13.3. The fourth-order valence-electron chi connectivity index (χ4n) is 9.42. The fraction of sp³-hybridized carbons (Fsp3) is 0.0182. The highest BCUT2D eigenvalue weighted by atomic mass is 15.0. The molecule has 12 rings (SSSR count). The minimum atomic E-state index is 0.235. The van der Waals surface area contributed by atoms with E-state index in [1.54, 1.807) is 0 Å². The van der Waals surface area contributed by atoms with Crippen LogP contribution >= 0.6 is 0 Å². The van der Waals surface area contributed by atoms with Gasteiger partial charge in [-0.3, -0.25) is 0 Å². The highest BCUT2D eigenvalue weighted by molar-refractivity contribution is 6.22. The first-order valence-electron chi connectivity index (χ1n) is 19.9. The van der Waals surface area contributed by atoms with Gasteiger partial charge in [0.25, 0.3) is 0 Å². The van der Waals surface area contributed by atoms with Crippen molar-refractivity contribution < 1.29 is 0 Å². The van der Waals surface area contributed by atoms with Gasteiger partial charge in [0.2, 0.25) is 0 Å². The zero-order valence-electron chi connectivity index (χ0n) is 31.5. The molecule has 1 unspecified atom stereocenters. The van der Waals surface area contributed by atoms with Crippen LogP contribution in [0.25, 0.3) is 94.1 Å². The standard InChI is InChI=1S/C55H35N3/c1-3-14-36(15-4-1)52-44-20-10-9-19-43(44)47-33-39(25-30-45(47)52)40-27-31-50-48(34-40)53-42-18-8-7-13-35(42)26-32-51(53)58(50)41-28-23-38(24-29-41)55-56-49-22-12-11-21-46(49)54(57-55)37-16-5-2-6-17-37/h1-34,52H. The van der Waals surface area contributed by atoms with Crippen LogP contribution in [0.15, 0.2) is 206 Å². The number of para-hydroxylation sites is 1. The predicted octanol–water partition coefficient (Wildman–Crippen LogP) is 14.0. The van der Waals surface area contributed by atoms with Gasteiger partial charge in [0, 0.05) is 38.9 Å². The number of hydrogen-bond acceptors (Lipinski definition) is 2. The Kier molecular flexibility index (Phi) is 7.29. The molecule has 0 fully saturated rings. The molecule has 1 aliphatic carbocycles. The molecule has 3 nitrogen and oxygen atoms in total. The Hall–Kier alpha value is -7.62. The van der Waals surface area contributed by atoms with Crippen LogP contribution in [0.4, 0.5) is 0 Å². The molecule has 1 atom stereocenters. The third kappa shape index (κ3) is 5.07. The minimum absolute atomic E-state index is 0.235. The highest BCUT2D eigenvalue weighted by Crippen LogP contribution is 2.49. The lowest BCUT2D eigenvalue weighted by molar-refractivity contribution is 1.02. The average molecular weight is 738 g/mol. The fourth-order valence-corrected chi connectivity index (χ4v) is 9.42. The number of rotatable bonds is 5. The summed E-state index contributed by atoms with van der Waals surface area (Å²) < 4.78 is 2.41. The molecule has 2 heterocycles. The van der Waals surface area contributed by atoms with E-state index >= 15 is 0 Å². The zero-order valence-corrected chi connectivity index (χ0v) is 31.5. The summed E-state index contributed by atoms with van der Waals surface area (Å²) in [6.45, 7) is 0. The number of hydrogen-bond donors (Lipinski definition) is 0. The third-order valence-corrected chi connectivity index (χ3v) is 12.1. The van der Waals surface area contributed by atoms with Crippen LogP contribution < -0.4 is 0 Å². The van der Waals surface area contributed by atoms with E-state index in [2.05, 4.69) is 199 Å². The van der Waals surface area contributed by atoms with Gasteiger partial charge in [0.05, 0.1) is 22.2 Å². The second-order valence-electron chi connectivity index (χ2n) is 15.3. The van der Waals surface area contributed by atoms with Crippen LogP contribution in [0.3, 0.4) is 0 Å². The third-order valence-electron chi connectivity index (χ3n) is 12.1. The molecule has 58 heavy (non-hydrogen) atoms. The zero-order chi connectivity index (χ0) is 38.2. The lowest BCUT2D eigenvalue weighted by Crippen LogP contribution is -1.98. The summed E-state index contributed by atoms with van der Waals surface area (Å²) in [5.74, 6) is 0.951. The van der Waals surface area contributed by atoms with Crippen molar-refractivity contribution in [2.45, 2.75) is 5.92 Å². The Morgan fingerprint density at radius 2 is 1.05 bits per heavy atom. The quantitative estimate of drug-likeness (QED) is 0.176. The van der Waals surface area contributed by atoms with Gasteiger partial charge in [0.15, 0.2) is 5.82 Å². The summed E-state index contributed by atoms with van der Waals surface area (Å²) >= 11 is 0. The summed E-state index contributed by atoms with van der Waals surface area (Å²) in [6, 6.07) is 74.6. The second kappa shape index (κ2) is 13.0. The van der Waals surface area contributed by atoms with Crippen molar-refractivity contribution in [3.63, 3.8) is 0 Å². The summed E-state index contributed by atoms with van der Waals surface area (Å²) in [7, 11) is 0. The van der Waals surface area contributed by atoms with Gasteiger partial charge in [-0.05, 0) is 104 Å². The molecule has 0 N–H and O–H groups in total. The van der Waals surface area contributed by atoms with Crippen molar-refractivity contribution in [3.05, 3.63) is 223 Å². The molecule has 0 saturated heterocycles. The monoisotopic (exact) mass is 737 g/mol. The van der Waals surface area contributed by atoms with Crippen molar-refractivity contribution in [3.8, 4) is 50.6 Å². The molecule has 0 aliphatic heterocycles. The molecule has 270 valence electrons. The van der Waals surface area contributed by atoms with E-state index in [-0.39, 0.29) is 5.92 Å². The van der Waals surface area contributed by atoms with E-state index in [0.717, 1.165) is 33.4 Å². The Bertz CT molecular complexity index is 3380. The molecule has 3 heteroatoms. The first kappa shape index (κ1) is 32.6. The summed E-state index contributed by atoms with van der Waals surface area (Å²) in [5.41, 5.74) is 16.5.